The molecule has 0 aliphatic carbocycles. The van der Waals surface area contributed by atoms with Crippen LogP contribution in [0.5, 0.6) is 0 Å². The van der Waals surface area contributed by atoms with Crippen molar-refractivity contribution in [2.75, 3.05) is 13.2 Å². The quantitative estimate of drug-likeness (QED) is 0.818. The molecule has 0 saturated carbocycles. The Hall–Kier alpha value is -1.72. The molecule has 2 aliphatic heterocycles. The molecule has 0 amide bonds. The lowest BCUT2D eigenvalue weighted by Gasteiger charge is -2.17. The van der Waals surface area contributed by atoms with Gasteiger partial charge in [-0.25, -0.2) is 0 Å². The fourth-order valence-electron chi connectivity index (χ4n) is 3.27. The van der Waals surface area contributed by atoms with E-state index in [1.165, 1.54) is 0 Å². The normalized spacial score (nSPS) is 28.8. The first-order valence-corrected chi connectivity index (χ1v) is 8.44. The van der Waals surface area contributed by atoms with E-state index in [0.29, 0.717) is 26.4 Å². The van der Waals surface area contributed by atoms with Crippen LogP contribution in [0.15, 0.2) is 60.7 Å². The zero-order valence-corrected chi connectivity index (χ0v) is 13.5. The van der Waals surface area contributed by atoms with Crippen LogP contribution in [-0.4, -0.2) is 37.6 Å². The molecule has 4 atom stereocenters. The molecule has 0 unspecified atom stereocenters. The molecule has 126 valence electrons. The summed E-state index contributed by atoms with van der Waals surface area (Å²) in [4.78, 5) is 0. The molecule has 2 aromatic rings. The van der Waals surface area contributed by atoms with Gasteiger partial charge in [-0.3, -0.25) is 0 Å². The maximum Gasteiger partial charge on any atom is 0.115 e. The molecule has 4 rings (SSSR count). The first-order chi connectivity index (χ1) is 11.9. The minimum absolute atomic E-state index is 0.0273. The van der Waals surface area contributed by atoms with Crippen LogP contribution in [0, 0.1) is 0 Å². The largest absolute Gasteiger partial charge is 0.370 e. The standard InChI is InChI=1S/C20H22O4/c1-3-7-15(8-4-1)11-21-17-13-23-20-18(14-24-19(17)20)22-12-16-9-5-2-6-10-16/h1-10,17-20H,11-14H2/t17-,18-,19-,20+/m1/s1. The monoisotopic (exact) mass is 326 g/mol. The van der Waals surface area contributed by atoms with Crippen molar-refractivity contribution >= 4 is 0 Å². The molecule has 0 spiro atoms. The fraction of sp³-hybridized carbons (Fsp3) is 0.400. The summed E-state index contributed by atoms with van der Waals surface area (Å²) in [5, 5.41) is 0. The third-order valence-corrected chi connectivity index (χ3v) is 4.58. The number of hydrogen-bond donors (Lipinski definition) is 0. The van der Waals surface area contributed by atoms with E-state index < -0.39 is 0 Å². The summed E-state index contributed by atoms with van der Waals surface area (Å²) in [7, 11) is 0. The van der Waals surface area contributed by atoms with Crippen LogP contribution in [0.4, 0.5) is 0 Å². The average molecular weight is 326 g/mol. The Balaban J connectivity index is 1.29. The first-order valence-electron chi connectivity index (χ1n) is 8.44. The van der Waals surface area contributed by atoms with Crippen LogP contribution in [0.2, 0.25) is 0 Å². The number of ether oxygens (including phenoxy) is 4. The predicted molar refractivity (Wildman–Crippen MR) is 89.5 cm³/mol. The summed E-state index contributed by atoms with van der Waals surface area (Å²) < 4.78 is 23.8. The minimum Gasteiger partial charge on any atom is -0.370 e. The summed E-state index contributed by atoms with van der Waals surface area (Å²) in [5.41, 5.74) is 2.33. The van der Waals surface area contributed by atoms with Crippen molar-refractivity contribution in [3.8, 4) is 0 Å². The van der Waals surface area contributed by atoms with Crippen molar-refractivity contribution in [2.45, 2.75) is 37.6 Å². The molecule has 2 aliphatic rings. The smallest absolute Gasteiger partial charge is 0.115 e. The third-order valence-electron chi connectivity index (χ3n) is 4.58. The van der Waals surface area contributed by atoms with Gasteiger partial charge in [0.2, 0.25) is 0 Å². The lowest BCUT2D eigenvalue weighted by atomic mass is 10.1. The van der Waals surface area contributed by atoms with Crippen LogP contribution in [-0.2, 0) is 32.2 Å². The van der Waals surface area contributed by atoms with E-state index in [2.05, 4.69) is 24.3 Å². The molecular weight excluding hydrogens is 304 g/mol. The summed E-state index contributed by atoms with van der Waals surface area (Å²) in [6.07, 6.45) is -0.120. The zero-order valence-electron chi connectivity index (χ0n) is 13.5. The highest BCUT2D eigenvalue weighted by Gasteiger charge is 2.48. The van der Waals surface area contributed by atoms with Gasteiger partial charge in [0.1, 0.15) is 24.4 Å². The minimum atomic E-state index is -0.0329. The van der Waals surface area contributed by atoms with Gasteiger partial charge >= 0.3 is 0 Å². The molecule has 0 bridgehead atoms. The van der Waals surface area contributed by atoms with Crippen LogP contribution in [0.25, 0.3) is 0 Å². The van der Waals surface area contributed by atoms with Crippen LogP contribution < -0.4 is 0 Å². The van der Waals surface area contributed by atoms with E-state index in [1.807, 2.05) is 36.4 Å². The van der Waals surface area contributed by atoms with Crippen molar-refractivity contribution in [2.24, 2.45) is 0 Å². The van der Waals surface area contributed by atoms with Crippen molar-refractivity contribution in [1.82, 2.24) is 0 Å². The third kappa shape index (κ3) is 3.52. The molecule has 2 heterocycles. The Morgan fingerprint density at radius 1 is 0.667 bits per heavy atom. The Morgan fingerprint density at radius 3 is 1.50 bits per heavy atom. The van der Waals surface area contributed by atoms with Gasteiger partial charge in [-0.05, 0) is 11.1 Å². The van der Waals surface area contributed by atoms with Gasteiger partial charge in [-0.1, -0.05) is 60.7 Å². The fourth-order valence-corrected chi connectivity index (χ4v) is 3.27. The van der Waals surface area contributed by atoms with Crippen molar-refractivity contribution in [1.29, 1.82) is 0 Å². The van der Waals surface area contributed by atoms with E-state index in [0.717, 1.165) is 11.1 Å². The highest BCUT2D eigenvalue weighted by molar-refractivity contribution is 5.14. The molecule has 0 radical (unpaired) electrons. The number of fused-ring (bicyclic) bond motifs is 1. The summed E-state index contributed by atoms with van der Waals surface area (Å²) in [6.45, 7) is 2.29. The molecule has 4 nitrogen and oxygen atoms in total. The maximum atomic E-state index is 6.01. The summed E-state index contributed by atoms with van der Waals surface area (Å²) in [6, 6.07) is 20.4. The number of hydrogen-bond acceptors (Lipinski definition) is 4. The first kappa shape index (κ1) is 15.8. The predicted octanol–water partition coefficient (Wildman–Crippen LogP) is 2.95. The van der Waals surface area contributed by atoms with E-state index in [4.69, 9.17) is 18.9 Å². The van der Waals surface area contributed by atoms with Crippen molar-refractivity contribution in [3.05, 3.63) is 71.8 Å². The van der Waals surface area contributed by atoms with E-state index in [1.54, 1.807) is 0 Å². The Morgan fingerprint density at radius 2 is 1.08 bits per heavy atom. The molecule has 2 saturated heterocycles. The van der Waals surface area contributed by atoms with Gasteiger partial charge in [-0.2, -0.15) is 0 Å². The summed E-state index contributed by atoms with van der Waals surface area (Å²) in [5.74, 6) is 0. The molecule has 2 fully saturated rings. The molecule has 0 N–H and O–H groups in total. The van der Waals surface area contributed by atoms with Gasteiger partial charge in [0.25, 0.3) is 0 Å². The highest BCUT2D eigenvalue weighted by Crippen LogP contribution is 2.31. The van der Waals surface area contributed by atoms with E-state index >= 15 is 0 Å². The number of benzene rings is 2. The Bertz CT molecular complexity index is 573. The van der Waals surface area contributed by atoms with Crippen LogP contribution >= 0.6 is 0 Å². The van der Waals surface area contributed by atoms with Gasteiger partial charge < -0.3 is 18.9 Å². The molecule has 0 aromatic heterocycles. The van der Waals surface area contributed by atoms with Crippen LogP contribution in [0.1, 0.15) is 11.1 Å². The molecule has 4 heteroatoms. The number of rotatable bonds is 6. The Kier molecular flexibility index (Phi) is 4.90. The second-order valence-corrected chi connectivity index (χ2v) is 6.27. The second kappa shape index (κ2) is 7.45. The topological polar surface area (TPSA) is 36.9 Å². The highest BCUT2D eigenvalue weighted by atomic mass is 16.6. The van der Waals surface area contributed by atoms with Gasteiger partial charge in [0, 0.05) is 0 Å². The van der Waals surface area contributed by atoms with E-state index in [9.17, 15) is 0 Å². The zero-order chi connectivity index (χ0) is 16.2. The second-order valence-electron chi connectivity index (χ2n) is 6.27. The lowest BCUT2D eigenvalue weighted by molar-refractivity contribution is -0.0580. The maximum absolute atomic E-state index is 6.01. The SMILES string of the molecule is c1ccc(CO[C@@H]2CO[C@H]3[C@H]2OC[C@H]3OCc2ccccc2)cc1. The van der Waals surface area contributed by atoms with Crippen molar-refractivity contribution < 1.29 is 18.9 Å². The Labute approximate surface area is 142 Å². The molecule has 2 aromatic carbocycles. The molecular formula is C20H22O4. The van der Waals surface area contributed by atoms with Gasteiger partial charge in [0.05, 0.1) is 26.4 Å². The molecule has 24 heavy (non-hydrogen) atoms. The van der Waals surface area contributed by atoms with E-state index in [-0.39, 0.29) is 24.4 Å². The average Bonchev–Trinajstić information content (AvgIpc) is 3.22. The lowest BCUT2D eigenvalue weighted by Crippen LogP contribution is -2.34. The van der Waals surface area contributed by atoms with Crippen molar-refractivity contribution in [3.63, 3.8) is 0 Å². The van der Waals surface area contributed by atoms with Gasteiger partial charge in [0.15, 0.2) is 0 Å². The van der Waals surface area contributed by atoms with Gasteiger partial charge in [-0.15, -0.1) is 0 Å². The van der Waals surface area contributed by atoms with Crippen LogP contribution in [0.3, 0.4) is 0 Å². The summed E-state index contributed by atoms with van der Waals surface area (Å²) >= 11 is 0.